The van der Waals surface area contributed by atoms with Crippen LogP contribution in [0.3, 0.4) is 0 Å². The van der Waals surface area contributed by atoms with E-state index in [-0.39, 0.29) is 34.1 Å². The van der Waals surface area contributed by atoms with Crippen molar-refractivity contribution >= 4 is 57.0 Å². The van der Waals surface area contributed by atoms with E-state index in [4.69, 9.17) is 23.8 Å². The lowest BCUT2D eigenvalue weighted by Crippen LogP contribution is -2.09. The van der Waals surface area contributed by atoms with Crippen molar-refractivity contribution in [3.8, 4) is 0 Å². The number of halogens is 1. The molecule has 0 bridgehead atoms. The SMILES string of the molecule is CC(=O)c1ccccc1.CCC(=S)C(=O)c1ccccc1.CN=C(Cl)C(=O)c1ccccc1.Cn1nnnc1C(=O)c1ccccc1. The number of aromatic nitrogens is 4. The summed E-state index contributed by atoms with van der Waals surface area (Å²) in [6, 6.07) is 36.1. The number of thiocarbonyl (C=S) groups is 1. The standard InChI is InChI=1S/C10H10OS.C9H8ClNO.C9H8N4O.C8H8O/c1-2-9(12)10(11)8-6-4-3-5-7-8;1-11-9(10)8(12)7-5-3-2-4-6-7;1-13-9(10-11-12-13)8(14)7-5-3-2-4-6-7;1-7(9)8-5-3-2-4-6-8/h3-7H,2H2,1H3;2-6H,1H3;2-6H,1H3;2-6H,1H3. The molecule has 0 aliphatic carbocycles. The molecule has 0 unspecified atom stereocenters. The van der Waals surface area contributed by atoms with Crippen molar-refractivity contribution in [3.05, 3.63) is 149 Å². The molecule has 47 heavy (non-hydrogen) atoms. The molecule has 5 rings (SSSR count). The summed E-state index contributed by atoms with van der Waals surface area (Å²) in [5.74, 6) is -0.0576. The van der Waals surface area contributed by atoms with Gasteiger partial charge in [0.05, 0.1) is 4.86 Å². The Morgan fingerprint density at radius 2 is 1.11 bits per heavy atom. The third-order valence-corrected chi connectivity index (χ3v) is 6.88. The van der Waals surface area contributed by atoms with Gasteiger partial charge < -0.3 is 0 Å². The summed E-state index contributed by atoms with van der Waals surface area (Å²) < 4.78 is 1.36. The summed E-state index contributed by atoms with van der Waals surface area (Å²) in [7, 11) is 3.12. The minimum atomic E-state index is -0.236. The normalized spacial score (nSPS) is 10.0. The van der Waals surface area contributed by atoms with E-state index in [0.717, 1.165) is 5.56 Å². The van der Waals surface area contributed by atoms with E-state index in [1.165, 1.54) is 11.7 Å². The summed E-state index contributed by atoms with van der Waals surface area (Å²) in [6.45, 7) is 3.46. The lowest BCUT2D eigenvalue weighted by atomic mass is 10.1. The fourth-order valence-electron chi connectivity index (χ4n) is 3.53. The zero-order valence-corrected chi connectivity index (χ0v) is 28.0. The van der Waals surface area contributed by atoms with E-state index in [1.807, 2.05) is 67.6 Å². The van der Waals surface area contributed by atoms with E-state index in [1.54, 1.807) is 74.6 Å². The van der Waals surface area contributed by atoms with Gasteiger partial charge in [-0.1, -0.05) is 152 Å². The average molecular weight is 668 g/mol. The third kappa shape index (κ3) is 12.9. The first-order valence-electron chi connectivity index (χ1n) is 14.3. The molecule has 0 atom stereocenters. The highest BCUT2D eigenvalue weighted by molar-refractivity contribution is 7.82. The van der Waals surface area contributed by atoms with E-state index < -0.39 is 0 Å². The van der Waals surface area contributed by atoms with Gasteiger partial charge in [-0.15, -0.1) is 5.10 Å². The highest BCUT2D eigenvalue weighted by Crippen LogP contribution is 2.06. The molecule has 0 spiro atoms. The number of Topliss-reactive ketones (excluding diaryl/α,β-unsaturated/α-hetero) is 3. The summed E-state index contributed by atoms with van der Waals surface area (Å²) in [5.41, 5.74) is 2.61. The number of carbonyl (C=O) groups is 4. The molecule has 9 nitrogen and oxygen atoms in total. The molecule has 0 saturated carbocycles. The molecule has 4 aromatic carbocycles. The molecule has 0 N–H and O–H groups in total. The van der Waals surface area contributed by atoms with Gasteiger partial charge in [0.25, 0.3) is 0 Å². The Morgan fingerprint density at radius 3 is 1.45 bits per heavy atom. The molecule has 5 aromatic rings. The van der Waals surface area contributed by atoms with Crippen LogP contribution in [0.1, 0.15) is 67.5 Å². The van der Waals surface area contributed by atoms with E-state index in [0.29, 0.717) is 28.0 Å². The number of hydrogen-bond acceptors (Lipinski definition) is 9. The number of ketones is 4. The fourth-order valence-corrected chi connectivity index (χ4v) is 3.76. The molecule has 0 radical (unpaired) electrons. The first-order chi connectivity index (χ1) is 22.6. The Bertz CT molecular complexity index is 1780. The van der Waals surface area contributed by atoms with Gasteiger partial charge in [-0.25, -0.2) is 4.68 Å². The van der Waals surface area contributed by atoms with Gasteiger partial charge in [0.2, 0.25) is 17.4 Å². The van der Waals surface area contributed by atoms with Crippen LogP contribution in [0.15, 0.2) is 126 Å². The number of aryl methyl sites for hydroxylation is 1. The lowest BCUT2D eigenvalue weighted by molar-refractivity contribution is 0.101. The number of rotatable bonds is 8. The van der Waals surface area contributed by atoms with Crippen molar-refractivity contribution in [2.45, 2.75) is 20.3 Å². The van der Waals surface area contributed by atoms with Crippen LogP contribution in [-0.2, 0) is 7.05 Å². The first kappa shape index (κ1) is 37.9. The Balaban J connectivity index is 0.000000220. The summed E-state index contributed by atoms with van der Waals surface area (Å²) in [4.78, 5) is 49.3. The van der Waals surface area contributed by atoms with Gasteiger partial charge in [0.1, 0.15) is 0 Å². The maximum Gasteiger partial charge on any atom is 0.231 e. The minimum Gasteiger partial charge on any atom is -0.295 e. The van der Waals surface area contributed by atoms with E-state index in [2.05, 4.69) is 20.5 Å². The van der Waals surface area contributed by atoms with Gasteiger partial charge >= 0.3 is 0 Å². The Labute approximate surface area is 284 Å². The molecule has 1 aromatic heterocycles. The van der Waals surface area contributed by atoms with Gasteiger partial charge in [-0.05, 0) is 23.8 Å². The zero-order valence-electron chi connectivity index (χ0n) is 26.4. The van der Waals surface area contributed by atoms with Crippen LogP contribution in [-0.4, -0.2) is 60.4 Å². The molecule has 1 heterocycles. The smallest absolute Gasteiger partial charge is 0.231 e. The number of carbonyl (C=O) groups excluding carboxylic acids is 4. The number of tetrazole rings is 1. The monoisotopic (exact) mass is 667 g/mol. The summed E-state index contributed by atoms with van der Waals surface area (Å²) in [5, 5.41) is 10.7. The highest BCUT2D eigenvalue weighted by Gasteiger charge is 2.14. The maximum atomic E-state index is 11.8. The Kier molecular flexibility index (Phi) is 16.6. The van der Waals surface area contributed by atoms with Crippen molar-refractivity contribution in [2.24, 2.45) is 12.0 Å². The van der Waals surface area contributed by atoms with Crippen molar-refractivity contribution < 1.29 is 19.2 Å². The molecular formula is C36H34ClN5O4S. The van der Waals surface area contributed by atoms with E-state index >= 15 is 0 Å². The van der Waals surface area contributed by atoms with E-state index in [9.17, 15) is 19.2 Å². The number of nitrogens with zero attached hydrogens (tertiary/aromatic N) is 5. The topological polar surface area (TPSA) is 124 Å². The molecular weight excluding hydrogens is 634 g/mol. The second kappa shape index (κ2) is 20.7. The van der Waals surface area contributed by atoms with Crippen molar-refractivity contribution in [3.63, 3.8) is 0 Å². The van der Waals surface area contributed by atoms with Gasteiger partial charge in [-0.2, -0.15) is 0 Å². The largest absolute Gasteiger partial charge is 0.295 e. The van der Waals surface area contributed by atoms with Crippen LogP contribution < -0.4 is 0 Å². The van der Waals surface area contributed by atoms with Crippen molar-refractivity contribution in [1.29, 1.82) is 0 Å². The molecule has 11 heteroatoms. The molecule has 0 amide bonds. The zero-order chi connectivity index (χ0) is 34.6. The van der Waals surface area contributed by atoms with Crippen LogP contribution in [0.2, 0.25) is 0 Å². The summed E-state index contributed by atoms with van der Waals surface area (Å²) in [6.07, 6.45) is 0.642. The first-order valence-corrected chi connectivity index (χ1v) is 15.1. The number of aliphatic imine (C=N–C) groups is 1. The molecule has 0 saturated heterocycles. The molecule has 0 fully saturated rings. The van der Waals surface area contributed by atoms with Crippen LogP contribution in [0.4, 0.5) is 0 Å². The average Bonchev–Trinajstić information content (AvgIpc) is 3.57. The van der Waals surface area contributed by atoms with Gasteiger partial charge in [0.15, 0.2) is 16.7 Å². The Morgan fingerprint density at radius 1 is 0.702 bits per heavy atom. The van der Waals surface area contributed by atoms with Gasteiger partial charge in [0, 0.05) is 36.3 Å². The Hall–Kier alpha value is -5.32. The van der Waals surface area contributed by atoms with Gasteiger partial charge in [-0.3, -0.25) is 24.2 Å². The third-order valence-electron chi connectivity index (χ3n) is 6.07. The fraction of sp³-hybridized carbons (Fsp3) is 0.139. The predicted molar refractivity (Wildman–Crippen MR) is 189 cm³/mol. The number of benzene rings is 4. The second-order valence-corrected chi connectivity index (χ2v) is 10.3. The van der Waals surface area contributed by atoms with Crippen LogP contribution in [0.25, 0.3) is 0 Å². The van der Waals surface area contributed by atoms with Crippen molar-refractivity contribution in [1.82, 2.24) is 20.2 Å². The van der Waals surface area contributed by atoms with Crippen LogP contribution in [0, 0.1) is 0 Å². The lowest BCUT2D eigenvalue weighted by Gasteiger charge is -1.98. The second-order valence-electron chi connectivity index (χ2n) is 9.42. The highest BCUT2D eigenvalue weighted by atomic mass is 35.5. The minimum absolute atomic E-state index is 0.0150. The summed E-state index contributed by atoms with van der Waals surface area (Å²) >= 11 is 10.5. The predicted octanol–water partition coefficient (Wildman–Crippen LogP) is 7.12. The van der Waals surface area contributed by atoms with Crippen molar-refractivity contribution in [2.75, 3.05) is 7.05 Å². The molecule has 0 aliphatic heterocycles. The molecule has 240 valence electrons. The van der Waals surface area contributed by atoms with Crippen LogP contribution >= 0.6 is 23.8 Å². The van der Waals surface area contributed by atoms with Crippen LogP contribution in [0.5, 0.6) is 0 Å². The maximum absolute atomic E-state index is 11.8. The quantitative estimate of drug-likeness (QED) is 0.0974. The number of hydrogen-bond donors (Lipinski definition) is 0. The molecule has 0 aliphatic rings.